The number of anilines is 1. The Kier molecular flexibility index (Phi) is 6.70. The molecule has 1 aliphatic heterocycles. The van der Waals surface area contributed by atoms with Crippen molar-refractivity contribution in [2.75, 3.05) is 17.7 Å². The molecule has 5 nitrogen and oxygen atoms in total. The van der Waals surface area contributed by atoms with Crippen LogP contribution in [-0.2, 0) is 9.53 Å². The highest BCUT2D eigenvalue weighted by molar-refractivity contribution is 8.14. The molecule has 1 aromatic heterocycles. The molecule has 1 aliphatic carbocycles. The minimum atomic E-state index is -0.114. The molecule has 0 radical (unpaired) electrons. The van der Waals surface area contributed by atoms with Crippen LogP contribution in [0.1, 0.15) is 57.6 Å². The third kappa shape index (κ3) is 5.10. The lowest BCUT2D eigenvalue weighted by Gasteiger charge is -2.14. The van der Waals surface area contributed by atoms with Crippen molar-refractivity contribution in [2.45, 2.75) is 64.0 Å². The Morgan fingerprint density at radius 1 is 1.34 bits per heavy atom. The van der Waals surface area contributed by atoms with Gasteiger partial charge in [0, 0.05) is 28.6 Å². The van der Waals surface area contributed by atoms with Crippen LogP contribution in [0.2, 0.25) is 5.02 Å². The SMILES string of the molecule is CCOC(=O)CCC[C@@H]1CSC(c2cc3cc(Cl)cc(NC4CCCC4)c3[nH]2)=N1. The lowest BCUT2D eigenvalue weighted by atomic mass is 10.1. The van der Waals surface area contributed by atoms with E-state index in [2.05, 4.69) is 16.4 Å². The highest BCUT2D eigenvalue weighted by Crippen LogP contribution is 2.33. The van der Waals surface area contributed by atoms with Crippen LogP contribution in [0.15, 0.2) is 23.2 Å². The lowest BCUT2D eigenvalue weighted by molar-refractivity contribution is -0.143. The molecule has 1 aromatic carbocycles. The number of nitrogens with one attached hydrogen (secondary N) is 2. The smallest absolute Gasteiger partial charge is 0.305 e. The molecule has 4 rings (SSSR count). The molecule has 1 atom stereocenters. The molecule has 156 valence electrons. The first kappa shape index (κ1) is 20.6. The summed E-state index contributed by atoms with van der Waals surface area (Å²) < 4.78 is 5.00. The third-order valence-corrected chi connectivity index (χ3v) is 6.94. The Labute approximate surface area is 181 Å². The Morgan fingerprint density at radius 3 is 2.97 bits per heavy atom. The van der Waals surface area contributed by atoms with E-state index in [1.165, 1.54) is 25.7 Å². The number of aromatic amines is 1. The molecular weight excluding hydrogens is 406 g/mol. The molecule has 0 spiro atoms. The summed E-state index contributed by atoms with van der Waals surface area (Å²) in [5, 5.41) is 6.59. The topological polar surface area (TPSA) is 66.5 Å². The Bertz CT molecular complexity index is 905. The van der Waals surface area contributed by atoms with Gasteiger partial charge in [-0.25, -0.2) is 0 Å². The molecule has 0 unspecified atom stereocenters. The summed E-state index contributed by atoms with van der Waals surface area (Å²) in [5.41, 5.74) is 3.24. The van der Waals surface area contributed by atoms with Crippen molar-refractivity contribution in [2.24, 2.45) is 4.99 Å². The van der Waals surface area contributed by atoms with Crippen molar-refractivity contribution in [1.29, 1.82) is 0 Å². The first-order valence-electron chi connectivity index (χ1n) is 10.6. The van der Waals surface area contributed by atoms with Crippen molar-refractivity contribution in [3.05, 3.63) is 28.9 Å². The number of carbonyl (C=O) groups excluding carboxylic acids is 1. The van der Waals surface area contributed by atoms with Gasteiger partial charge in [-0.15, -0.1) is 11.8 Å². The van der Waals surface area contributed by atoms with E-state index in [0.717, 1.165) is 50.9 Å². The number of hydrogen-bond acceptors (Lipinski definition) is 5. The highest BCUT2D eigenvalue weighted by atomic mass is 35.5. The second-order valence-corrected chi connectivity index (χ2v) is 9.27. The number of esters is 1. The molecule has 0 saturated heterocycles. The molecule has 1 saturated carbocycles. The fourth-order valence-electron chi connectivity index (χ4n) is 4.15. The van der Waals surface area contributed by atoms with Crippen molar-refractivity contribution in [3.8, 4) is 0 Å². The maximum absolute atomic E-state index is 11.5. The lowest BCUT2D eigenvalue weighted by Crippen LogP contribution is -2.14. The second kappa shape index (κ2) is 9.43. The second-order valence-electron chi connectivity index (χ2n) is 7.82. The van der Waals surface area contributed by atoms with Gasteiger partial charge < -0.3 is 15.0 Å². The van der Waals surface area contributed by atoms with Crippen LogP contribution in [0, 0.1) is 0 Å². The molecule has 7 heteroatoms. The summed E-state index contributed by atoms with van der Waals surface area (Å²) in [6.07, 6.45) is 7.23. The van der Waals surface area contributed by atoms with Crippen LogP contribution < -0.4 is 5.32 Å². The Balaban J connectivity index is 1.45. The van der Waals surface area contributed by atoms with Crippen LogP contribution in [0.4, 0.5) is 5.69 Å². The van der Waals surface area contributed by atoms with E-state index in [4.69, 9.17) is 21.3 Å². The van der Waals surface area contributed by atoms with Gasteiger partial charge in [-0.3, -0.25) is 9.79 Å². The van der Waals surface area contributed by atoms with E-state index in [1.807, 2.05) is 19.1 Å². The zero-order valence-electron chi connectivity index (χ0n) is 16.8. The summed E-state index contributed by atoms with van der Waals surface area (Å²) in [7, 11) is 0. The third-order valence-electron chi connectivity index (χ3n) is 5.57. The number of benzene rings is 1. The van der Waals surface area contributed by atoms with Gasteiger partial charge in [0.1, 0.15) is 5.04 Å². The summed E-state index contributed by atoms with van der Waals surface area (Å²) in [6, 6.07) is 6.96. The zero-order valence-corrected chi connectivity index (χ0v) is 18.4. The van der Waals surface area contributed by atoms with Gasteiger partial charge in [0.2, 0.25) is 0 Å². The molecular formula is C22H28ClN3O2S. The van der Waals surface area contributed by atoms with Crippen molar-refractivity contribution in [1.82, 2.24) is 4.98 Å². The first-order valence-corrected chi connectivity index (χ1v) is 11.9. The highest BCUT2D eigenvalue weighted by Gasteiger charge is 2.22. The van der Waals surface area contributed by atoms with Crippen molar-refractivity contribution < 1.29 is 9.53 Å². The van der Waals surface area contributed by atoms with E-state index in [-0.39, 0.29) is 12.0 Å². The number of aromatic nitrogens is 1. The summed E-state index contributed by atoms with van der Waals surface area (Å²) in [5.74, 6) is 0.846. The van der Waals surface area contributed by atoms with Gasteiger partial charge in [-0.05, 0) is 50.8 Å². The van der Waals surface area contributed by atoms with Crippen LogP contribution in [0.25, 0.3) is 10.9 Å². The van der Waals surface area contributed by atoms with Crippen molar-refractivity contribution >= 4 is 51.0 Å². The molecule has 2 aromatic rings. The van der Waals surface area contributed by atoms with Gasteiger partial charge in [0.15, 0.2) is 0 Å². The molecule has 1 fully saturated rings. The van der Waals surface area contributed by atoms with Crippen LogP contribution in [0.5, 0.6) is 0 Å². The number of rotatable bonds is 8. The van der Waals surface area contributed by atoms with E-state index >= 15 is 0 Å². The number of ether oxygens (including phenoxy) is 1. The summed E-state index contributed by atoms with van der Waals surface area (Å²) in [4.78, 5) is 20.0. The number of H-pyrrole nitrogens is 1. The molecule has 0 amide bonds. The van der Waals surface area contributed by atoms with Crippen LogP contribution >= 0.6 is 23.4 Å². The van der Waals surface area contributed by atoms with E-state index < -0.39 is 0 Å². The van der Waals surface area contributed by atoms with Crippen molar-refractivity contribution in [3.63, 3.8) is 0 Å². The molecule has 0 bridgehead atoms. The quantitative estimate of drug-likeness (QED) is 0.518. The standard InChI is InChI=1S/C22H28ClN3O2S/c1-2-28-20(27)9-5-8-17-13-29-22(25-17)19-11-14-10-15(23)12-18(21(14)26-19)24-16-6-3-4-7-16/h10-12,16-17,24,26H,2-9,13H2,1H3/t17-/m1/s1. The van der Waals surface area contributed by atoms with Gasteiger partial charge in [-0.1, -0.05) is 24.4 Å². The predicted octanol–water partition coefficient (Wildman–Crippen LogP) is 5.77. The molecule has 2 heterocycles. The van der Waals surface area contributed by atoms with Gasteiger partial charge in [0.25, 0.3) is 0 Å². The van der Waals surface area contributed by atoms with Crippen LogP contribution in [0.3, 0.4) is 0 Å². The largest absolute Gasteiger partial charge is 0.466 e. The van der Waals surface area contributed by atoms with Gasteiger partial charge in [-0.2, -0.15) is 0 Å². The Hall–Kier alpha value is -1.66. The average Bonchev–Trinajstić information content (AvgIpc) is 3.42. The Morgan fingerprint density at radius 2 is 2.17 bits per heavy atom. The van der Waals surface area contributed by atoms with E-state index in [0.29, 0.717) is 19.1 Å². The summed E-state index contributed by atoms with van der Waals surface area (Å²) >= 11 is 8.16. The van der Waals surface area contributed by atoms with Gasteiger partial charge >= 0.3 is 5.97 Å². The number of aliphatic imine (C=N–C) groups is 1. The first-order chi connectivity index (χ1) is 14.1. The molecule has 2 N–H and O–H groups in total. The molecule has 2 aliphatic rings. The molecule has 29 heavy (non-hydrogen) atoms. The fourth-order valence-corrected chi connectivity index (χ4v) is 5.46. The van der Waals surface area contributed by atoms with Gasteiger partial charge in [0.05, 0.1) is 29.5 Å². The van der Waals surface area contributed by atoms with E-state index in [9.17, 15) is 4.79 Å². The number of carbonyl (C=O) groups is 1. The monoisotopic (exact) mass is 433 g/mol. The maximum atomic E-state index is 11.5. The minimum absolute atomic E-state index is 0.114. The fraction of sp³-hybridized carbons (Fsp3) is 0.545. The number of thioether (sulfide) groups is 1. The zero-order chi connectivity index (χ0) is 20.2. The van der Waals surface area contributed by atoms with E-state index in [1.54, 1.807) is 11.8 Å². The number of fused-ring (bicyclic) bond motifs is 1. The maximum Gasteiger partial charge on any atom is 0.305 e. The normalized spacial score (nSPS) is 19.7. The number of nitrogens with zero attached hydrogens (tertiary/aromatic N) is 1. The predicted molar refractivity (Wildman–Crippen MR) is 122 cm³/mol. The number of hydrogen-bond donors (Lipinski definition) is 2. The average molecular weight is 434 g/mol. The number of halogens is 1. The van der Waals surface area contributed by atoms with Crippen LogP contribution in [-0.4, -0.2) is 40.4 Å². The minimum Gasteiger partial charge on any atom is -0.466 e. The summed E-state index contributed by atoms with van der Waals surface area (Å²) in [6.45, 7) is 2.28.